The van der Waals surface area contributed by atoms with Crippen LogP contribution in [0.15, 0.2) is 48.5 Å². The number of hydrogen-bond donors (Lipinski definition) is 1. The maximum Gasteiger partial charge on any atom is 0.290 e. The van der Waals surface area contributed by atoms with E-state index in [1.807, 2.05) is 48.2 Å². The van der Waals surface area contributed by atoms with Crippen LogP contribution in [0.2, 0.25) is 5.15 Å². The molecule has 0 bridgehead atoms. The Labute approximate surface area is 192 Å². The van der Waals surface area contributed by atoms with E-state index in [0.29, 0.717) is 10.9 Å². The fourth-order valence-corrected chi connectivity index (χ4v) is 4.17. The number of carbonyl (C=O) groups excluding carboxylic acids is 1. The summed E-state index contributed by atoms with van der Waals surface area (Å²) in [6.07, 6.45) is 2.80. The molecule has 1 unspecified atom stereocenters. The molecule has 1 atom stereocenters. The van der Waals surface area contributed by atoms with Crippen molar-refractivity contribution in [2.75, 3.05) is 13.1 Å². The lowest BCUT2D eigenvalue weighted by Crippen LogP contribution is -2.43. The van der Waals surface area contributed by atoms with E-state index in [2.05, 4.69) is 24.0 Å². The van der Waals surface area contributed by atoms with Crippen LogP contribution in [0.3, 0.4) is 0 Å². The summed E-state index contributed by atoms with van der Waals surface area (Å²) in [4.78, 5) is 27.4. The smallest absolute Gasteiger partial charge is 0.290 e. The Morgan fingerprint density at radius 3 is 2.50 bits per heavy atom. The molecule has 1 aliphatic rings. The fraction of sp³-hybridized carbons (Fsp3) is 0.320. The Balaban J connectivity index is 0.000000913. The van der Waals surface area contributed by atoms with Crippen LogP contribution in [0, 0.1) is 6.92 Å². The molecular formula is C25H27ClN2O4. The number of carboxylic acid groups (broad SMARTS) is 1. The van der Waals surface area contributed by atoms with E-state index in [4.69, 9.17) is 26.2 Å². The van der Waals surface area contributed by atoms with Crippen molar-refractivity contribution < 1.29 is 19.4 Å². The zero-order valence-corrected chi connectivity index (χ0v) is 19.0. The Hall–Kier alpha value is -3.12. The number of benzene rings is 2. The van der Waals surface area contributed by atoms with Crippen LogP contribution >= 0.6 is 11.6 Å². The van der Waals surface area contributed by atoms with Gasteiger partial charge in [-0.2, -0.15) is 0 Å². The number of halogens is 1. The number of carbonyl (C=O) groups is 2. The molecule has 6 nitrogen and oxygen atoms in total. The molecule has 1 fully saturated rings. The Morgan fingerprint density at radius 1 is 1.12 bits per heavy atom. The summed E-state index contributed by atoms with van der Waals surface area (Å²) in [6.45, 7) is 5.29. The number of fused-ring (bicyclic) bond motifs is 1. The number of ether oxygens (including phenoxy) is 1. The van der Waals surface area contributed by atoms with Crippen molar-refractivity contribution in [3.8, 4) is 16.9 Å². The minimum Gasteiger partial charge on any atom is -0.483 e. The molecule has 1 aromatic heterocycles. The van der Waals surface area contributed by atoms with E-state index in [-0.39, 0.29) is 12.4 Å². The van der Waals surface area contributed by atoms with Crippen molar-refractivity contribution in [2.24, 2.45) is 0 Å². The SMILES string of the molecule is Cc1ccccc1-c1cc(Cl)nc2cc(OC(C)C(=O)N3CCCCC3)ccc12.O=CO. The van der Waals surface area contributed by atoms with E-state index >= 15 is 0 Å². The van der Waals surface area contributed by atoms with E-state index < -0.39 is 6.10 Å². The third-order valence-corrected chi connectivity index (χ3v) is 5.71. The number of pyridine rings is 1. The molecule has 1 saturated heterocycles. The third kappa shape index (κ3) is 5.56. The summed E-state index contributed by atoms with van der Waals surface area (Å²) in [7, 11) is 0. The molecular weight excluding hydrogens is 428 g/mol. The van der Waals surface area contributed by atoms with Gasteiger partial charge in [-0.1, -0.05) is 35.9 Å². The second-order valence-corrected chi connectivity index (χ2v) is 8.13. The van der Waals surface area contributed by atoms with Gasteiger partial charge < -0.3 is 14.7 Å². The zero-order chi connectivity index (χ0) is 23.1. The molecule has 1 N–H and O–H groups in total. The Morgan fingerprint density at radius 2 is 1.81 bits per heavy atom. The number of piperidine rings is 1. The molecule has 168 valence electrons. The van der Waals surface area contributed by atoms with Gasteiger partial charge in [0.05, 0.1) is 5.52 Å². The highest BCUT2D eigenvalue weighted by Gasteiger charge is 2.23. The van der Waals surface area contributed by atoms with Gasteiger partial charge in [0.25, 0.3) is 12.4 Å². The quantitative estimate of drug-likeness (QED) is 0.425. The fourth-order valence-electron chi connectivity index (χ4n) is 3.97. The molecule has 2 heterocycles. The lowest BCUT2D eigenvalue weighted by molar-refractivity contribution is -0.138. The molecule has 2 aromatic carbocycles. The molecule has 1 aliphatic heterocycles. The topological polar surface area (TPSA) is 79.7 Å². The van der Waals surface area contributed by atoms with Gasteiger partial charge in [0.15, 0.2) is 6.10 Å². The molecule has 0 radical (unpaired) electrons. The summed E-state index contributed by atoms with van der Waals surface area (Å²) >= 11 is 6.32. The number of hydrogen-bond acceptors (Lipinski definition) is 4. The summed E-state index contributed by atoms with van der Waals surface area (Å²) < 4.78 is 5.97. The predicted molar refractivity (Wildman–Crippen MR) is 126 cm³/mol. The van der Waals surface area contributed by atoms with E-state index in [1.165, 1.54) is 12.0 Å². The summed E-state index contributed by atoms with van der Waals surface area (Å²) in [5.41, 5.74) is 4.11. The van der Waals surface area contributed by atoms with Gasteiger partial charge in [0, 0.05) is 24.5 Å². The van der Waals surface area contributed by atoms with E-state index in [0.717, 1.165) is 48.0 Å². The van der Waals surface area contributed by atoms with Crippen molar-refractivity contribution in [3.63, 3.8) is 0 Å². The van der Waals surface area contributed by atoms with Gasteiger partial charge in [0.1, 0.15) is 10.9 Å². The van der Waals surface area contributed by atoms with Crippen LogP contribution < -0.4 is 4.74 Å². The first-order chi connectivity index (χ1) is 15.4. The number of nitrogens with zero attached hydrogens (tertiary/aromatic N) is 2. The highest BCUT2D eigenvalue weighted by Crippen LogP contribution is 2.34. The second kappa shape index (κ2) is 11.0. The lowest BCUT2D eigenvalue weighted by Gasteiger charge is -2.29. The van der Waals surface area contributed by atoms with Crippen molar-refractivity contribution >= 4 is 34.9 Å². The van der Waals surface area contributed by atoms with Crippen LogP contribution in [-0.4, -0.2) is 46.6 Å². The highest BCUT2D eigenvalue weighted by atomic mass is 35.5. The van der Waals surface area contributed by atoms with E-state index in [1.54, 1.807) is 0 Å². The van der Waals surface area contributed by atoms with Crippen molar-refractivity contribution in [2.45, 2.75) is 39.2 Å². The van der Waals surface area contributed by atoms with Crippen molar-refractivity contribution in [1.29, 1.82) is 0 Å². The van der Waals surface area contributed by atoms with Crippen molar-refractivity contribution in [3.05, 3.63) is 59.2 Å². The summed E-state index contributed by atoms with van der Waals surface area (Å²) in [6, 6.07) is 15.9. The van der Waals surface area contributed by atoms with E-state index in [9.17, 15) is 4.79 Å². The average Bonchev–Trinajstić information content (AvgIpc) is 2.79. The summed E-state index contributed by atoms with van der Waals surface area (Å²) in [5, 5.41) is 8.33. The second-order valence-electron chi connectivity index (χ2n) is 7.74. The molecule has 0 aliphatic carbocycles. The highest BCUT2D eigenvalue weighted by molar-refractivity contribution is 6.30. The van der Waals surface area contributed by atoms with Gasteiger partial charge in [-0.25, -0.2) is 4.98 Å². The molecule has 0 spiro atoms. The monoisotopic (exact) mass is 454 g/mol. The number of amides is 1. The van der Waals surface area contributed by atoms with Crippen molar-refractivity contribution in [1.82, 2.24) is 9.88 Å². The standard InChI is InChI=1S/C24H25ClN2O2.CH2O2/c1-16-8-4-5-9-19(16)21-15-23(25)26-22-14-18(10-11-20(21)22)29-17(2)24(28)27-12-6-3-7-13-27;2-1-3/h4-5,8-11,14-15,17H,3,6-7,12-13H2,1-2H3;1H,(H,2,3). The molecule has 3 aromatic rings. The largest absolute Gasteiger partial charge is 0.483 e. The normalized spacial score (nSPS) is 14.3. The Kier molecular flexibility index (Phi) is 8.06. The first kappa shape index (κ1) is 23.5. The Bertz CT molecular complexity index is 1100. The zero-order valence-electron chi connectivity index (χ0n) is 18.3. The number of rotatable bonds is 4. The summed E-state index contributed by atoms with van der Waals surface area (Å²) in [5.74, 6) is 0.672. The molecule has 32 heavy (non-hydrogen) atoms. The van der Waals surface area contributed by atoms with Crippen LogP contribution in [0.1, 0.15) is 31.7 Å². The predicted octanol–water partition coefficient (Wildman–Crippen LogP) is 5.34. The van der Waals surface area contributed by atoms with Gasteiger partial charge in [-0.3, -0.25) is 9.59 Å². The first-order valence-electron chi connectivity index (χ1n) is 10.6. The number of aryl methyl sites for hydroxylation is 1. The number of aromatic nitrogens is 1. The molecule has 1 amide bonds. The maximum absolute atomic E-state index is 12.7. The maximum atomic E-state index is 12.7. The van der Waals surface area contributed by atoms with Crippen LogP contribution in [0.5, 0.6) is 5.75 Å². The first-order valence-corrected chi connectivity index (χ1v) is 11.0. The van der Waals surface area contributed by atoms with Gasteiger partial charge in [0.2, 0.25) is 0 Å². The minimum absolute atomic E-state index is 0.0458. The van der Waals surface area contributed by atoms with Gasteiger partial charge >= 0.3 is 0 Å². The lowest BCUT2D eigenvalue weighted by atomic mass is 9.97. The number of likely N-dealkylation sites (tertiary alicyclic amines) is 1. The van der Waals surface area contributed by atoms with Crippen LogP contribution in [0.4, 0.5) is 0 Å². The minimum atomic E-state index is -0.527. The molecule has 4 rings (SSSR count). The van der Waals surface area contributed by atoms with Crippen LogP contribution in [-0.2, 0) is 9.59 Å². The van der Waals surface area contributed by atoms with Gasteiger partial charge in [-0.05, 0) is 68.0 Å². The average molecular weight is 455 g/mol. The van der Waals surface area contributed by atoms with Gasteiger partial charge in [-0.15, -0.1) is 0 Å². The third-order valence-electron chi connectivity index (χ3n) is 5.51. The molecule has 0 saturated carbocycles. The van der Waals surface area contributed by atoms with Crippen LogP contribution in [0.25, 0.3) is 22.0 Å². The molecule has 7 heteroatoms.